The van der Waals surface area contributed by atoms with Crippen molar-refractivity contribution in [2.45, 2.75) is 44.3 Å². The van der Waals surface area contributed by atoms with E-state index < -0.39 is 17.2 Å². The minimum atomic E-state index is -0.628. The van der Waals surface area contributed by atoms with E-state index in [9.17, 15) is 14.4 Å². The molecule has 0 atom stereocenters. The number of aromatic nitrogens is 7. The molecular formula is C23H24N8O3S. The summed E-state index contributed by atoms with van der Waals surface area (Å²) in [4.78, 5) is 46.0. The molecule has 0 spiro atoms. The fourth-order valence-electron chi connectivity index (χ4n) is 3.98. The van der Waals surface area contributed by atoms with Gasteiger partial charge in [0.25, 0.3) is 11.5 Å². The fourth-order valence-corrected chi connectivity index (χ4v) is 4.41. The molecule has 0 bridgehead atoms. The summed E-state index contributed by atoms with van der Waals surface area (Å²) in [7, 11) is 0. The van der Waals surface area contributed by atoms with Gasteiger partial charge in [0, 0.05) is 23.8 Å². The predicted octanol–water partition coefficient (Wildman–Crippen LogP) is 2.57. The molecule has 1 aromatic carbocycles. The minimum absolute atomic E-state index is 0.105. The van der Waals surface area contributed by atoms with Crippen LogP contribution in [0.25, 0.3) is 16.7 Å². The molecule has 1 aliphatic carbocycles. The lowest BCUT2D eigenvalue weighted by atomic mass is 10.1. The van der Waals surface area contributed by atoms with E-state index in [1.807, 2.05) is 26.2 Å². The summed E-state index contributed by atoms with van der Waals surface area (Å²) < 4.78 is 3.02. The molecule has 12 heteroatoms. The van der Waals surface area contributed by atoms with Crippen LogP contribution in [0.15, 0.2) is 45.1 Å². The Kier molecular flexibility index (Phi) is 5.97. The number of tetrazole rings is 1. The van der Waals surface area contributed by atoms with Crippen LogP contribution in [0.4, 0.5) is 5.69 Å². The molecule has 4 aromatic rings. The van der Waals surface area contributed by atoms with Gasteiger partial charge in [0.2, 0.25) is 5.16 Å². The molecule has 3 heterocycles. The molecule has 1 saturated carbocycles. The molecular weight excluding hydrogens is 468 g/mol. The third kappa shape index (κ3) is 4.48. The molecule has 1 aliphatic rings. The van der Waals surface area contributed by atoms with Crippen molar-refractivity contribution in [1.29, 1.82) is 0 Å². The Morgan fingerprint density at radius 3 is 2.77 bits per heavy atom. The highest BCUT2D eigenvalue weighted by atomic mass is 32.2. The van der Waals surface area contributed by atoms with Crippen LogP contribution in [0.5, 0.6) is 0 Å². The lowest BCUT2D eigenvalue weighted by Crippen LogP contribution is -2.33. The van der Waals surface area contributed by atoms with Gasteiger partial charge < -0.3 is 5.32 Å². The number of nitrogens with one attached hydrogen (secondary N) is 2. The Bertz CT molecular complexity index is 1550. The molecule has 0 saturated heterocycles. The summed E-state index contributed by atoms with van der Waals surface area (Å²) in [6.45, 7) is 4.32. The summed E-state index contributed by atoms with van der Waals surface area (Å²) in [5.74, 6) is -0.0925. The zero-order valence-electron chi connectivity index (χ0n) is 19.5. The molecule has 35 heavy (non-hydrogen) atoms. The number of carbonyl (C=O) groups is 1. The van der Waals surface area contributed by atoms with Crippen LogP contribution in [0.2, 0.25) is 0 Å². The first-order valence-electron chi connectivity index (χ1n) is 11.3. The second-order valence-electron chi connectivity index (χ2n) is 8.91. The number of fused-ring (bicyclic) bond motifs is 1. The maximum Gasteiger partial charge on any atom is 0.330 e. The van der Waals surface area contributed by atoms with Crippen molar-refractivity contribution in [3.05, 3.63) is 62.4 Å². The van der Waals surface area contributed by atoms with Crippen LogP contribution in [0.1, 0.15) is 48.7 Å². The predicted molar refractivity (Wildman–Crippen MR) is 132 cm³/mol. The number of benzene rings is 1. The van der Waals surface area contributed by atoms with Crippen LogP contribution in [0.3, 0.4) is 0 Å². The van der Waals surface area contributed by atoms with Crippen LogP contribution < -0.4 is 16.6 Å². The van der Waals surface area contributed by atoms with Gasteiger partial charge in [-0.05, 0) is 59.7 Å². The van der Waals surface area contributed by atoms with Crippen molar-refractivity contribution in [2.75, 3.05) is 11.6 Å². The molecule has 5 rings (SSSR count). The van der Waals surface area contributed by atoms with Gasteiger partial charge in [0.15, 0.2) is 5.65 Å². The Balaban J connectivity index is 1.59. The number of rotatable bonds is 7. The molecule has 0 unspecified atom stereocenters. The normalized spacial score (nSPS) is 13.5. The number of hydrogen-bond acceptors (Lipinski definition) is 8. The molecule has 1 fully saturated rings. The molecule has 1 amide bonds. The van der Waals surface area contributed by atoms with E-state index in [4.69, 9.17) is 0 Å². The smallest absolute Gasteiger partial charge is 0.322 e. The van der Waals surface area contributed by atoms with Crippen LogP contribution >= 0.6 is 11.8 Å². The number of amides is 1. The van der Waals surface area contributed by atoms with Gasteiger partial charge in [-0.2, -0.15) is 4.68 Å². The summed E-state index contributed by atoms with van der Waals surface area (Å²) >= 11 is 1.40. The lowest BCUT2D eigenvalue weighted by Gasteiger charge is -2.15. The van der Waals surface area contributed by atoms with E-state index in [1.54, 1.807) is 28.9 Å². The van der Waals surface area contributed by atoms with Crippen molar-refractivity contribution in [3.63, 3.8) is 0 Å². The number of pyridine rings is 1. The van der Waals surface area contributed by atoms with Gasteiger partial charge in [0.05, 0.1) is 16.6 Å². The van der Waals surface area contributed by atoms with E-state index in [0.717, 1.165) is 18.5 Å². The van der Waals surface area contributed by atoms with Crippen LogP contribution in [-0.4, -0.2) is 46.9 Å². The van der Waals surface area contributed by atoms with E-state index in [-0.39, 0.29) is 28.4 Å². The maximum absolute atomic E-state index is 13.5. The fraction of sp³-hybridized carbons (Fsp3) is 0.348. The van der Waals surface area contributed by atoms with Crippen molar-refractivity contribution in [1.82, 2.24) is 34.7 Å². The average molecular weight is 493 g/mol. The topological polar surface area (TPSA) is 140 Å². The first kappa shape index (κ1) is 23.0. The van der Waals surface area contributed by atoms with Crippen molar-refractivity contribution in [2.24, 2.45) is 5.92 Å². The Morgan fingerprint density at radius 2 is 2.06 bits per heavy atom. The number of H-pyrrole nitrogens is 1. The van der Waals surface area contributed by atoms with Gasteiger partial charge in [-0.3, -0.25) is 19.1 Å². The number of thioether (sulfide) groups is 1. The largest absolute Gasteiger partial charge is 0.330 e. The van der Waals surface area contributed by atoms with Gasteiger partial charge >= 0.3 is 5.69 Å². The number of carbonyl (C=O) groups excluding carboxylic acids is 1. The molecule has 180 valence electrons. The molecule has 0 radical (unpaired) electrons. The second-order valence-corrected chi connectivity index (χ2v) is 9.69. The Labute approximate surface area is 204 Å². The number of hydrogen-bond donors (Lipinski definition) is 2. The minimum Gasteiger partial charge on any atom is -0.322 e. The number of aromatic amines is 1. The summed E-state index contributed by atoms with van der Waals surface area (Å²) in [6, 6.07) is 8.77. The zero-order chi connectivity index (χ0) is 24.7. The monoisotopic (exact) mass is 492 g/mol. The van der Waals surface area contributed by atoms with E-state index >= 15 is 0 Å². The van der Waals surface area contributed by atoms with E-state index in [2.05, 4.69) is 30.8 Å². The lowest BCUT2D eigenvalue weighted by molar-refractivity contribution is 0.102. The summed E-state index contributed by atoms with van der Waals surface area (Å²) in [5, 5.41) is 15.3. The first-order valence-corrected chi connectivity index (χ1v) is 12.5. The number of anilines is 1. The zero-order valence-corrected chi connectivity index (χ0v) is 20.3. The van der Waals surface area contributed by atoms with Gasteiger partial charge in [-0.15, -0.1) is 5.10 Å². The second kappa shape index (κ2) is 9.10. The molecule has 2 N–H and O–H groups in total. The molecule has 0 aliphatic heterocycles. The first-order chi connectivity index (χ1) is 16.9. The van der Waals surface area contributed by atoms with Crippen LogP contribution in [-0.2, 0) is 6.54 Å². The van der Waals surface area contributed by atoms with Crippen molar-refractivity contribution < 1.29 is 4.79 Å². The summed E-state index contributed by atoms with van der Waals surface area (Å²) in [6.07, 6.45) is 3.79. The van der Waals surface area contributed by atoms with Crippen molar-refractivity contribution >= 4 is 34.4 Å². The van der Waals surface area contributed by atoms with Crippen molar-refractivity contribution in [3.8, 4) is 5.69 Å². The SMILES string of the molecule is CSc1nnnn1-c1cccc(NC(=O)c2cc(C3CC3)nc3c2c(=O)[nH]c(=O)n3CC(C)C)c1. The highest BCUT2D eigenvalue weighted by Gasteiger charge is 2.29. The van der Waals surface area contributed by atoms with E-state index in [1.165, 1.54) is 16.3 Å². The third-order valence-corrected chi connectivity index (χ3v) is 6.35. The van der Waals surface area contributed by atoms with Crippen LogP contribution in [0, 0.1) is 5.92 Å². The van der Waals surface area contributed by atoms with Gasteiger partial charge in [0.1, 0.15) is 0 Å². The Hall–Kier alpha value is -3.80. The highest BCUT2D eigenvalue weighted by Crippen LogP contribution is 2.40. The molecule has 3 aromatic heterocycles. The standard InChI is InChI=1S/C23H24N8O3S/c1-12(2)11-30-19-18(21(33)26-22(30)34)16(10-17(25-19)13-7-8-13)20(32)24-14-5-4-6-15(9-14)31-23(35-3)27-28-29-31/h4-6,9-10,12-13H,7-8,11H2,1-3H3,(H,24,32)(H,26,33,34). The Morgan fingerprint density at radius 1 is 1.26 bits per heavy atom. The summed E-state index contributed by atoms with van der Waals surface area (Å²) in [5.41, 5.74) is 1.19. The maximum atomic E-state index is 13.5. The van der Waals surface area contributed by atoms with Gasteiger partial charge in [-0.1, -0.05) is 31.7 Å². The number of nitrogens with zero attached hydrogens (tertiary/aromatic N) is 6. The third-order valence-electron chi connectivity index (χ3n) is 5.73. The average Bonchev–Trinajstić information content (AvgIpc) is 3.57. The van der Waals surface area contributed by atoms with E-state index in [0.29, 0.717) is 23.1 Å². The highest BCUT2D eigenvalue weighted by molar-refractivity contribution is 7.98. The quantitative estimate of drug-likeness (QED) is 0.375. The van der Waals surface area contributed by atoms with Gasteiger partial charge in [-0.25, -0.2) is 9.78 Å². The molecule has 11 nitrogen and oxygen atoms in total.